The van der Waals surface area contributed by atoms with Crippen LogP contribution in [-0.2, 0) is 4.79 Å². The van der Waals surface area contributed by atoms with E-state index in [1.165, 1.54) is 0 Å². The molecule has 0 spiro atoms. The van der Waals surface area contributed by atoms with Gasteiger partial charge in [0.2, 0.25) is 5.91 Å². The molecule has 0 heterocycles. The van der Waals surface area contributed by atoms with Gasteiger partial charge in [-0.2, -0.15) is 0 Å². The number of nitrogens with two attached hydrogens (primary N) is 1. The van der Waals surface area contributed by atoms with Gasteiger partial charge < -0.3 is 11.1 Å². The van der Waals surface area contributed by atoms with Crippen molar-refractivity contribution in [1.82, 2.24) is 5.32 Å². The summed E-state index contributed by atoms with van der Waals surface area (Å²) in [5.41, 5.74) is 4.89. The number of rotatable bonds is 5. The number of hydrogen-bond donors (Lipinski definition) is 2. The fourth-order valence-electron chi connectivity index (χ4n) is 0.497. The van der Waals surface area contributed by atoms with E-state index in [2.05, 4.69) is 11.2 Å². The topological polar surface area (TPSA) is 55.1 Å². The molecule has 1 amide bonds. The van der Waals surface area contributed by atoms with Crippen LogP contribution in [0.25, 0.3) is 0 Å². The first kappa shape index (κ1) is 8.99. The molecule has 0 aromatic rings. The van der Waals surface area contributed by atoms with Gasteiger partial charge in [-0.25, -0.2) is 0 Å². The fourth-order valence-corrected chi connectivity index (χ4v) is 0.497. The van der Waals surface area contributed by atoms with Crippen molar-refractivity contribution in [3.05, 3.63) is 0 Å². The molecule has 0 fully saturated rings. The van der Waals surface area contributed by atoms with Gasteiger partial charge in [-0.1, -0.05) is 0 Å². The molecule has 0 bridgehead atoms. The predicted molar refractivity (Wildman–Crippen MR) is 40.1 cm³/mol. The molecule has 0 aliphatic heterocycles. The molecule has 0 aliphatic carbocycles. The van der Waals surface area contributed by atoms with Gasteiger partial charge in [0, 0.05) is 25.9 Å². The second-order valence-electron chi connectivity index (χ2n) is 1.92. The third-order valence-corrected chi connectivity index (χ3v) is 0.994. The molecule has 0 atom stereocenters. The van der Waals surface area contributed by atoms with Crippen LogP contribution < -0.4 is 11.1 Å². The van der Waals surface area contributed by atoms with E-state index in [1.54, 1.807) is 0 Å². The molecule has 3 N–H and O–H groups in total. The van der Waals surface area contributed by atoms with Gasteiger partial charge in [-0.05, 0) is 0 Å². The second kappa shape index (κ2) is 6.12. The van der Waals surface area contributed by atoms with Gasteiger partial charge in [0.05, 0.1) is 0 Å². The molecule has 0 rings (SSSR count). The van der Waals surface area contributed by atoms with Crippen LogP contribution in [0.15, 0.2) is 0 Å². The van der Waals surface area contributed by atoms with Gasteiger partial charge >= 0.3 is 0 Å². The number of carbonyl (C=O) groups excluding carboxylic acids is 1. The van der Waals surface area contributed by atoms with E-state index < -0.39 is 0 Å². The minimum atomic E-state index is -0.284. The molecular weight excluding hydrogens is 128 g/mol. The molecule has 3 heteroatoms. The Kier molecular flexibility index (Phi) is 5.50. The smallest absolute Gasteiger partial charge is 0.218 e. The van der Waals surface area contributed by atoms with Crippen LogP contribution in [0.4, 0.5) is 0 Å². The van der Waals surface area contributed by atoms with E-state index in [1.807, 2.05) is 0 Å². The highest BCUT2D eigenvalue weighted by atomic mass is 16.1. The average molecular weight is 140 g/mol. The van der Waals surface area contributed by atoms with Gasteiger partial charge in [0.25, 0.3) is 0 Å². The van der Waals surface area contributed by atoms with Crippen LogP contribution in [0, 0.1) is 12.3 Å². The molecule has 10 heavy (non-hydrogen) atoms. The first-order chi connectivity index (χ1) is 4.77. The summed E-state index contributed by atoms with van der Waals surface area (Å²) in [5, 5.41) is 2.97. The predicted octanol–water partition coefficient (Wildman–Crippen LogP) is -0.525. The molecule has 56 valence electrons. The van der Waals surface area contributed by atoms with Gasteiger partial charge in [-0.3, -0.25) is 4.79 Å². The molecule has 0 saturated carbocycles. The molecule has 0 aliphatic rings. The first-order valence-electron chi connectivity index (χ1n) is 3.20. The number of terminal acetylenes is 1. The van der Waals surface area contributed by atoms with E-state index >= 15 is 0 Å². The summed E-state index contributed by atoms with van der Waals surface area (Å²) in [6.07, 6.45) is 6.06. The van der Waals surface area contributed by atoms with Crippen molar-refractivity contribution in [2.45, 2.75) is 12.8 Å². The normalized spacial score (nSPS) is 8.70. The number of hydrogen-bond acceptors (Lipinski definition) is 2. The summed E-state index contributed by atoms with van der Waals surface area (Å²) in [4.78, 5) is 10.2. The van der Waals surface area contributed by atoms with Crippen LogP contribution in [0.5, 0.6) is 0 Å². The van der Waals surface area contributed by atoms with Crippen molar-refractivity contribution in [2.24, 2.45) is 5.73 Å². The van der Waals surface area contributed by atoms with Crippen LogP contribution >= 0.6 is 0 Å². The lowest BCUT2D eigenvalue weighted by Gasteiger charge is -1.97. The second-order valence-corrected chi connectivity index (χ2v) is 1.92. The Morgan fingerprint density at radius 2 is 2.30 bits per heavy atom. The van der Waals surface area contributed by atoms with Crippen molar-refractivity contribution in [3.8, 4) is 12.3 Å². The van der Waals surface area contributed by atoms with Gasteiger partial charge in [0.15, 0.2) is 0 Å². The summed E-state index contributed by atoms with van der Waals surface area (Å²) in [6, 6.07) is 0. The van der Waals surface area contributed by atoms with E-state index in [-0.39, 0.29) is 5.91 Å². The van der Waals surface area contributed by atoms with Crippen molar-refractivity contribution in [1.29, 1.82) is 0 Å². The SMILES string of the molecule is C#CCCNCCC(N)=O. The lowest BCUT2D eigenvalue weighted by Crippen LogP contribution is -2.22. The lowest BCUT2D eigenvalue weighted by molar-refractivity contribution is -0.117. The summed E-state index contributed by atoms with van der Waals surface area (Å²) in [6.45, 7) is 1.38. The van der Waals surface area contributed by atoms with E-state index in [4.69, 9.17) is 12.2 Å². The maximum atomic E-state index is 10.2. The quantitative estimate of drug-likeness (QED) is 0.398. The standard InChI is InChI=1S/C7H12N2O/c1-2-3-5-9-6-4-7(8)10/h1,9H,3-6H2,(H2,8,10). The Bertz CT molecular complexity index is 137. The minimum Gasteiger partial charge on any atom is -0.370 e. The highest BCUT2D eigenvalue weighted by Gasteiger charge is 1.90. The van der Waals surface area contributed by atoms with Crippen molar-refractivity contribution in [2.75, 3.05) is 13.1 Å². The molecule has 0 aromatic heterocycles. The van der Waals surface area contributed by atoms with Crippen LogP contribution in [0.1, 0.15) is 12.8 Å². The zero-order chi connectivity index (χ0) is 7.82. The molecule has 0 aromatic carbocycles. The van der Waals surface area contributed by atoms with E-state index in [9.17, 15) is 4.79 Å². The zero-order valence-corrected chi connectivity index (χ0v) is 5.89. The molecule has 0 radical (unpaired) electrons. The number of carbonyl (C=O) groups is 1. The lowest BCUT2D eigenvalue weighted by atomic mass is 10.4. The summed E-state index contributed by atoms with van der Waals surface area (Å²) in [5.74, 6) is 2.19. The number of nitrogens with one attached hydrogen (secondary N) is 1. The third-order valence-electron chi connectivity index (χ3n) is 0.994. The molecule has 3 nitrogen and oxygen atoms in total. The molecular formula is C7H12N2O. The Balaban J connectivity index is 2.92. The summed E-state index contributed by atoms with van der Waals surface area (Å²) >= 11 is 0. The molecule has 0 saturated heterocycles. The van der Waals surface area contributed by atoms with Crippen LogP contribution in [0.3, 0.4) is 0 Å². The minimum absolute atomic E-state index is 0.284. The summed E-state index contributed by atoms with van der Waals surface area (Å²) < 4.78 is 0. The van der Waals surface area contributed by atoms with Gasteiger partial charge in [-0.15, -0.1) is 12.3 Å². The maximum Gasteiger partial charge on any atom is 0.218 e. The Hall–Kier alpha value is -1.01. The highest BCUT2D eigenvalue weighted by molar-refractivity contribution is 5.73. The monoisotopic (exact) mass is 140 g/mol. The Labute approximate surface area is 61.0 Å². The number of primary amides is 1. The van der Waals surface area contributed by atoms with Crippen molar-refractivity contribution < 1.29 is 4.79 Å². The molecule has 0 unspecified atom stereocenters. The van der Waals surface area contributed by atoms with Crippen LogP contribution in [-0.4, -0.2) is 19.0 Å². The third kappa shape index (κ3) is 6.99. The Morgan fingerprint density at radius 1 is 1.60 bits per heavy atom. The van der Waals surface area contributed by atoms with Crippen molar-refractivity contribution in [3.63, 3.8) is 0 Å². The summed E-state index contributed by atoms with van der Waals surface area (Å²) in [7, 11) is 0. The zero-order valence-electron chi connectivity index (χ0n) is 5.89. The van der Waals surface area contributed by atoms with Gasteiger partial charge in [0.1, 0.15) is 0 Å². The average Bonchev–Trinajstić information content (AvgIpc) is 1.87. The van der Waals surface area contributed by atoms with Crippen LogP contribution in [0.2, 0.25) is 0 Å². The fraction of sp³-hybridized carbons (Fsp3) is 0.571. The van der Waals surface area contributed by atoms with E-state index in [0.29, 0.717) is 19.4 Å². The first-order valence-corrected chi connectivity index (χ1v) is 3.20. The van der Waals surface area contributed by atoms with Crippen molar-refractivity contribution >= 4 is 5.91 Å². The van der Waals surface area contributed by atoms with E-state index in [0.717, 1.165) is 6.54 Å². The number of amides is 1. The largest absolute Gasteiger partial charge is 0.370 e. The highest BCUT2D eigenvalue weighted by Crippen LogP contribution is 1.74. The maximum absolute atomic E-state index is 10.2. The Morgan fingerprint density at radius 3 is 2.80 bits per heavy atom.